The molecule has 1 aromatic heterocycles. The van der Waals surface area contributed by atoms with Crippen molar-refractivity contribution in [3.63, 3.8) is 0 Å². The lowest BCUT2D eigenvalue weighted by Crippen LogP contribution is -2.34. The van der Waals surface area contributed by atoms with Crippen LogP contribution in [0.2, 0.25) is 5.02 Å². The topological polar surface area (TPSA) is 127 Å². The van der Waals surface area contributed by atoms with Gasteiger partial charge >= 0.3 is 0 Å². The van der Waals surface area contributed by atoms with E-state index in [0.29, 0.717) is 37.1 Å². The van der Waals surface area contributed by atoms with E-state index in [0.717, 1.165) is 6.26 Å². The van der Waals surface area contributed by atoms with Crippen molar-refractivity contribution in [1.82, 2.24) is 9.78 Å². The zero-order chi connectivity index (χ0) is 23.4. The Morgan fingerprint density at radius 1 is 1.38 bits per heavy atom. The summed E-state index contributed by atoms with van der Waals surface area (Å²) in [6, 6.07) is 3.90. The number of aliphatic hydroxyl groups is 1. The summed E-state index contributed by atoms with van der Waals surface area (Å²) in [6.45, 7) is 0. The van der Waals surface area contributed by atoms with Gasteiger partial charge in [-0.15, -0.1) is 0 Å². The van der Waals surface area contributed by atoms with Crippen LogP contribution in [0.4, 0.5) is 15.9 Å². The monoisotopic (exact) mass is 484 g/mol. The molecule has 11 heteroatoms. The average molecular weight is 485 g/mol. The number of aromatic nitrogens is 2. The first-order valence-electron chi connectivity index (χ1n) is 10.3. The van der Waals surface area contributed by atoms with Crippen molar-refractivity contribution in [2.24, 2.45) is 18.9 Å². The Hall–Kier alpha value is -2.17. The van der Waals surface area contributed by atoms with E-state index < -0.39 is 27.2 Å². The third-order valence-electron chi connectivity index (χ3n) is 6.57. The highest BCUT2D eigenvalue weighted by Gasteiger charge is 2.51. The minimum absolute atomic E-state index is 0.0335. The predicted octanol–water partition coefficient (Wildman–Crippen LogP) is 2.73. The van der Waals surface area contributed by atoms with Crippen LogP contribution in [0, 0.1) is 17.7 Å². The standard InChI is InChI=1S/C21H26ClFN4O4S/c1-27-19(24)17(20(28)25-14-3-4-16(23)15(22)7-14)18(26-27)11-5-12-8-21(29,9-13(12)6-11)10-32(2,30)31/h3-4,7,11-13,29H,5-6,8-10,24H2,1-2H3,(H,25,28)/t11?,12-,13+,21?. The highest BCUT2D eigenvalue weighted by molar-refractivity contribution is 7.90. The lowest BCUT2D eigenvalue weighted by Gasteiger charge is -2.23. The van der Waals surface area contributed by atoms with Gasteiger partial charge in [-0.25, -0.2) is 12.8 Å². The number of anilines is 2. The fourth-order valence-corrected chi connectivity index (χ4v) is 6.84. The number of nitrogen functional groups attached to an aromatic ring is 1. The van der Waals surface area contributed by atoms with E-state index in [1.54, 1.807) is 7.05 Å². The van der Waals surface area contributed by atoms with Crippen molar-refractivity contribution in [3.05, 3.63) is 40.3 Å². The fraction of sp³-hybridized carbons (Fsp3) is 0.524. The first-order valence-corrected chi connectivity index (χ1v) is 12.8. The number of halogens is 2. The SMILES string of the molecule is Cn1nc(C2C[C@@H]3CC(O)(CS(C)(=O)=O)C[C@@H]3C2)c(C(=O)Nc2ccc(F)c(Cl)c2)c1N. The minimum Gasteiger partial charge on any atom is -0.389 e. The van der Waals surface area contributed by atoms with E-state index in [-0.39, 0.29) is 39.9 Å². The summed E-state index contributed by atoms with van der Waals surface area (Å²) in [5, 5.41) is 17.9. The van der Waals surface area contributed by atoms with Crippen LogP contribution in [-0.4, -0.2) is 46.8 Å². The molecule has 4 rings (SSSR count). The molecule has 1 amide bonds. The predicted molar refractivity (Wildman–Crippen MR) is 120 cm³/mol. The number of aryl methyl sites for hydroxylation is 1. The summed E-state index contributed by atoms with van der Waals surface area (Å²) < 4.78 is 38.3. The summed E-state index contributed by atoms with van der Waals surface area (Å²) in [4.78, 5) is 13.0. The maximum Gasteiger partial charge on any atom is 0.261 e. The first kappa shape index (κ1) is 23.0. The number of rotatable bonds is 5. The Bertz CT molecular complexity index is 1170. The first-order chi connectivity index (χ1) is 14.8. The van der Waals surface area contributed by atoms with Crippen molar-refractivity contribution < 1.29 is 22.7 Å². The van der Waals surface area contributed by atoms with E-state index >= 15 is 0 Å². The number of sulfone groups is 1. The molecule has 8 nitrogen and oxygen atoms in total. The largest absolute Gasteiger partial charge is 0.389 e. The van der Waals surface area contributed by atoms with Gasteiger partial charge in [0.2, 0.25) is 0 Å². The van der Waals surface area contributed by atoms with Gasteiger partial charge in [-0.2, -0.15) is 5.10 Å². The van der Waals surface area contributed by atoms with Gasteiger partial charge in [0.15, 0.2) is 0 Å². The van der Waals surface area contributed by atoms with Gasteiger partial charge in [0.1, 0.15) is 27.0 Å². The number of carbonyl (C=O) groups excluding carboxylic acids is 1. The molecule has 0 bridgehead atoms. The van der Waals surface area contributed by atoms with E-state index in [1.807, 2.05) is 0 Å². The molecule has 0 aliphatic heterocycles. The fourth-order valence-electron chi connectivity index (χ4n) is 5.44. The normalized spacial score (nSPS) is 27.5. The Morgan fingerprint density at radius 2 is 2.00 bits per heavy atom. The molecule has 0 spiro atoms. The van der Waals surface area contributed by atoms with Gasteiger partial charge in [-0.05, 0) is 55.7 Å². The van der Waals surface area contributed by atoms with Gasteiger partial charge in [0.25, 0.3) is 5.91 Å². The van der Waals surface area contributed by atoms with E-state index in [1.165, 1.54) is 22.9 Å². The Labute approximate surface area is 190 Å². The van der Waals surface area contributed by atoms with Gasteiger partial charge in [-0.3, -0.25) is 9.48 Å². The Morgan fingerprint density at radius 3 is 2.56 bits per heavy atom. The molecule has 0 saturated heterocycles. The highest BCUT2D eigenvalue weighted by atomic mass is 35.5. The number of benzene rings is 1. The minimum atomic E-state index is -3.29. The molecule has 32 heavy (non-hydrogen) atoms. The number of nitrogens with one attached hydrogen (secondary N) is 1. The second-order valence-corrected chi connectivity index (χ2v) is 11.8. The number of nitrogens with two attached hydrogens (primary N) is 1. The van der Waals surface area contributed by atoms with Crippen LogP contribution in [0.1, 0.15) is 47.7 Å². The number of hydrogen-bond acceptors (Lipinski definition) is 6. The summed E-state index contributed by atoms with van der Waals surface area (Å²) in [5.41, 5.74) is 6.15. The molecular weight excluding hydrogens is 459 g/mol. The summed E-state index contributed by atoms with van der Waals surface area (Å²) in [6.07, 6.45) is 3.35. The Balaban J connectivity index is 1.53. The Kier molecular flexibility index (Phi) is 5.75. The third-order valence-corrected chi connectivity index (χ3v) is 7.92. The van der Waals surface area contributed by atoms with Crippen molar-refractivity contribution in [2.75, 3.05) is 23.1 Å². The maximum atomic E-state index is 13.4. The lowest BCUT2D eigenvalue weighted by molar-refractivity contribution is 0.0613. The smallest absolute Gasteiger partial charge is 0.261 e. The zero-order valence-corrected chi connectivity index (χ0v) is 19.4. The molecule has 2 fully saturated rings. The molecule has 2 aromatic rings. The van der Waals surface area contributed by atoms with Crippen LogP contribution in [0.25, 0.3) is 0 Å². The molecule has 1 aromatic carbocycles. The van der Waals surface area contributed by atoms with Crippen molar-refractivity contribution >= 4 is 38.9 Å². The molecule has 2 aliphatic rings. The maximum absolute atomic E-state index is 13.4. The molecule has 0 radical (unpaired) electrons. The molecular formula is C21H26ClFN4O4S. The summed E-state index contributed by atoms with van der Waals surface area (Å²) >= 11 is 5.81. The van der Waals surface area contributed by atoms with Crippen LogP contribution in [0.15, 0.2) is 18.2 Å². The number of fused-ring (bicyclic) bond motifs is 1. The van der Waals surface area contributed by atoms with Crippen LogP contribution in [0.5, 0.6) is 0 Å². The molecule has 2 unspecified atom stereocenters. The number of carbonyl (C=O) groups is 1. The third kappa shape index (κ3) is 4.49. The number of hydrogen-bond donors (Lipinski definition) is 3. The quantitative estimate of drug-likeness (QED) is 0.598. The molecule has 2 saturated carbocycles. The zero-order valence-electron chi connectivity index (χ0n) is 17.8. The average Bonchev–Trinajstić information content (AvgIpc) is 3.26. The highest BCUT2D eigenvalue weighted by Crippen LogP contribution is 2.54. The lowest BCUT2D eigenvalue weighted by atomic mass is 9.92. The van der Waals surface area contributed by atoms with Crippen LogP contribution in [0.3, 0.4) is 0 Å². The van der Waals surface area contributed by atoms with Crippen LogP contribution < -0.4 is 11.1 Å². The van der Waals surface area contributed by atoms with Crippen molar-refractivity contribution in [1.29, 1.82) is 0 Å². The van der Waals surface area contributed by atoms with Gasteiger partial charge in [0, 0.05) is 24.9 Å². The van der Waals surface area contributed by atoms with Crippen LogP contribution in [-0.2, 0) is 16.9 Å². The molecule has 2 aliphatic carbocycles. The van der Waals surface area contributed by atoms with Gasteiger partial charge in [0.05, 0.1) is 22.1 Å². The summed E-state index contributed by atoms with van der Waals surface area (Å²) in [7, 11) is -1.63. The second kappa shape index (κ2) is 8.00. The summed E-state index contributed by atoms with van der Waals surface area (Å²) in [5.74, 6) is -0.783. The van der Waals surface area contributed by atoms with Crippen molar-refractivity contribution in [3.8, 4) is 0 Å². The van der Waals surface area contributed by atoms with E-state index in [4.69, 9.17) is 17.3 Å². The molecule has 4 atom stereocenters. The van der Waals surface area contributed by atoms with Crippen molar-refractivity contribution in [2.45, 2.75) is 37.2 Å². The van der Waals surface area contributed by atoms with Crippen LogP contribution >= 0.6 is 11.6 Å². The molecule has 174 valence electrons. The van der Waals surface area contributed by atoms with Gasteiger partial charge in [-0.1, -0.05) is 11.6 Å². The van der Waals surface area contributed by atoms with E-state index in [2.05, 4.69) is 10.4 Å². The molecule has 1 heterocycles. The van der Waals surface area contributed by atoms with Gasteiger partial charge < -0.3 is 16.2 Å². The molecule has 4 N–H and O–H groups in total. The second-order valence-electron chi connectivity index (χ2n) is 9.24. The number of nitrogens with zero attached hydrogens (tertiary/aromatic N) is 2. The number of amides is 1. The van der Waals surface area contributed by atoms with E-state index in [9.17, 15) is 22.7 Å².